The van der Waals surface area contributed by atoms with Crippen molar-refractivity contribution in [1.82, 2.24) is 20.4 Å². The summed E-state index contributed by atoms with van der Waals surface area (Å²) in [6.07, 6.45) is 1.10. The second-order valence-electron chi connectivity index (χ2n) is 4.88. The number of likely N-dealkylation sites (N-methyl/N-ethyl adjacent to an activating group) is 2. The average Bonchev–Trinajstić information content (AvgIpc) is 2.71. The van der Waals surface area contributed by atoms with E-state index >= 15 is 0 Å². The molecule has 0 fully saturated rings. The van der Waals surface area contributed by atoms with Crippen molar-refractivity contribution in [3.05, 3.63) is 11.3 Å². The van der Waals surface area contributed by atoms with Crippen LogP contribution >= 0.6 is 0 Å². The Balaban J connectivity index is 2.97. The van der Waals surface area contributed by atoms with Crippen molar-refractivity contribution < 1.29 is 4.79 Å². The van der Waals surface area contributed by atoms with E-state index in [9.17, 15) is 4.79 Å². The lowest BCUT2D eigenvalue weighted by Crippen LogP contribution is -2.37. The Kier molecular flexibility index (Phi) is 6.51. The van der Waals surface area contributed by atoms with Crippen molar-refractivity contribution >= 4 is 11.7 Å². The maximum Gasteiger partial charge on any atom is 0.239 e. The molecule has 1 amide bonds. The largest absolute Gasteiger partial charge is 0.358 e. The number of carbonyl (C=O) groups excluding carboxylic acids is 1. The minimum absolute atomic E-state index is 0.0122. The monoisotopic (exact) mass is 281 g/mol. The van der Waals surface area contributed by atoms with Crippen LogP contribution in [0.3, 0.4) is 0 Å². The minimum atomic E-state index is 0.0122. The van der Waals surface area contributed by atoms with Crippen molar-refractivity contribution in [2.75, 3.05) is 31.6 Å². The van der Waals surface area contributed by atoms with Gasteiger partial charge in [-0.15, -0.1) is 0 Å². The summed E-state index contributed by atoms with van der Waals surface area (Å²) in [4.78, 5) is 13.7. The van der Waals surface area contributed by atoms with Crippen LogP contribution in [0.2, 0.25) is 0 Å². The van der Waals surface area contributed by atoms with Gasteiger partial charge in [0.25, 0.3) is 0 Å². The molecule has 0 unspecified atom stereocenters. The maximum absolute atomic E-state index is 11.6. The molecule has 0 aliphatic carbocycles. The first kappa shape index (κ1) is 16.5. The van der Waals surface area contributed by atoms with Crippen LogP contribution in [0.4, 0.5) is 5.82 Å². The third-order valence-electron chi connectivity index (χ3n) is 3.34. The lowest BCUT2D eigenvalue weighted by Gasteiger charge is -2.23. The molecular weight excluding hydrogens is 254 g/mol. The minimum Gasteiger partial charge on any atom is -0.358 e. The Bertz CT molecular complexity index is 441. The fourth-order valence-corrected chi connectivity index (χ4v) is 2.27. The molecule has 1 rings (SSSR count). The van der Waals surface area contributed by atoms with Crippen LogP contribution in [0.25, 0.3) is 0 Å². The Labute approximate surface area is 121 Å². The number of carbonyl (C=O) groups is 1. The van der Waals surface area contributed by atoms with E-state index in [1.807, 2.05) is 18.7 Å². The van der Waals surface area contributed by atoms with Crippen molar-refractivity contribution in [1.29, 1.82) is 0 Å². The van der Waals surface area contributed by atoms with Crippen LogP contribution in [0, 0.1) is 6.92 Å². The van der Waals surface area contributed by atoms with E-state index in [0.717, 1.165) is 37.6 Å². The normalized spacial score (nSPS) is 10.7. The molecule has 0 atom stereocenters. The lowest BCUT2D eigenvalue weighted by atomic mass is 10.2. The van der Waals surface area contributed by atoms with E-state index in [0.29, 0.717) is 6.54 Å². The standard InChI is InChI=1S/C14H27N5O/c1-6-8-16-9-12-11(3)17-18(5)14(12)19(7-2)10-13(20)15-4/h16H,6-10H2,1-5H3,(H,15,20). The lowest BCUT2D eigenvalue weighted by molar-refractivity contribution is -0.119. The maximum atomic E-state index is 11.6. The Morgan fingerprint density at radius 3 is 2.65 bits per heavy atom. The molecule has 2 N–H and O–H groups in total. The quantitative estimate of drug-likeness (QED) is 0.692. The Hall–Kier alpha value is -1.56. The molecule has 1 heterocycles. The van der Waals surface area contributed by atoms with Gasteiger partial charge in [0.2, 0.25) is 5.91 Å². The summed E-state index contributed by atoms with van der Waals surface area (Å²) < 4.78 is 1.87. The topological polar surface area (TPSA) is 62.2 Å². The van der Waals surface area contributed by atoms with Crippen LogP contribution in [0.15, 0.2) is 0 Å². The summed E-state index contributed by atoms with van der Waals surface area (Å²) in [5.74, 6) is 1.04. The third-order valence-corrected chi connectivity index (χ3v) is 3.34. The van der Waals surface area contributed by atoms with Crippen LogP contribution in [-0.4, -0.2) is 42.4 Å². The molecule has 6 nitrogen and oxygen atoms in total. The molecule has 0 saturated carbocycles. The zero-order valence-corrected chi connectivity index (χ0v) is 13.3. The van der Waals surface area contributed by atoms with Gasteiger partial charge in [0.05, 0.1) is 12.2 Å². The summed E-state index contributed by atoms with van der Waals surface area (Å²) in [7, 11) is 3.59. The predicted molar refractivity (Wildman–Crippen MR) is 81.9 cm³/mol. The van der Waals surface area contributed by atoms with E-state index in [1.165, 1.54) is 5.56 Å². The van der Waals surface area contributed by atoms with E-state index < -0.39 is 0 Å². The van der Waals surface area contributed by atoms with Crippen molar-refractivity contribution in [2.24, 2.45) is 7.05 Å². The fourth-order valence-electron chi connectivity index (χ4n) is 2.27. The highest BCUT2D eigenvalue weighted by molar-refractivity contribution is 5.81. The van der Waals surface area contributed by atoms with Crippen LogP contribution < -0.4 is 15.5 Å². The number of aromatic nitrogens is 2. The van der Waals surface area contributed by atoms with E-state index in [2.05, 4.69) is 34.5 Å². The molecule has 6 heteroatoms. The summed E-state index contributed by atoms with van der Waals surface area (Å²) in [5, 5.41) is 10.6. The summed E-state index contributed by atoms with van der Waals surface area (Å²) in [6, 6.07) is 0. The number of hydrogen-bond donors (Lipinski definition) is 2. The second-order valence-corrected chi connectivity index (χ2v) is 4.88. The van der Waals surface area contributed by atoms with Gasteiger partial charge in [-0.25, -0.2) is 0 Å². The number of rotatable bonds is 8. The fraction of sp³-hybridized carbons (Fsp3) is 0.714. The molecule has 0 saturated heterocycles. The highest BCUT2D eigenvalue weighted by atomic mass is 16.1. The van der Waals surface area contributed by atoms with Gasteiger partial charge in [-0.1, -0.05) is 6.92 Å². The molecule has 0 aromatic carbocycles. The predicted octanol–water partition coefficient (Wildman–Crippen LogP) is 0.800. The number of nitrogens with one attached hydrogen (secondary N) is 2. The number of aryl methyl sites for hydroxylation is 2. The number of hydrogen-bond acceptors (Lipinski definition) is 4. The Morgan fingerprint density at radius 1 is 1.40 bits per heavy atom. The molecular formula is C14H27N5O. The first-order valence-electron chi connectivity index (χ1n) is 7.23. The van der Waals surface area contributed by atoms with Crippen molar-refractivity contribution in [3.63, 3.8) is 0 Å². The number of nitrogens with zero attached hydrogens (tertiary/aromatic N) is 3. The molecule has 0 spiro atoms. The van der Waals surface area contributed by atoms with Gasteiger partial charge in [-0.05, 0) is 26.8 Å². The molecule has 114 valence electrons. The Morgan fingerprint density at radius 2 is 2.10 bits per heavy atom. The van der Waals surface area contributed by atoms with Gasteiger partial charge in [0.15, 0.2) is 0 Å². The molecule has 0 aliphatic rings. The van der Waals surface area contributed by atoms with Crippen LogP contribution in [0.1, 0.15) is 31.5 Å². The number of anilines is 1. The summed E-state index contributed by atoms with van der Waals surface area (Å²) in [5.41, 5.74) is 2.19. The van der Waals surface area contributed by atoms with Crippen molar-refractivity contribution in [3.8, 4) is 0 Å². The van der Waals surface area contributed by atoms with E-state index in [1.54, 1.807) is 7.05 Å². The highest BCUT2D eigenvalue weighted by Gasteiger charge is 2.19. The van der Waals surface area contributed by atoms with Gasteiger partial charge in [0.1, 0.15) is 5.82 Å². The van der Waals surface area contributed by atoms with Gasteiger partial charge < -0.3 is 15.5 Å². The molecule has 0 aliphatic heterocycles. The first-order valence-corrected chi connectivity index (χ1v) is 7.23. The molecule has 1 aromatic heterocycles. The zero-order chi connectivity index (χ0) is 15.1. The van der Waals surface area contributed by atoms with Crippen molar-refractivity contribution in [2.45, 2.75) is 33.7 Å². The van der Waals surface area contributed by atoms with E-state index in [-0.39, 0.29) is 5.91 Å². The zero-order valence-electron chi connectivity index (χ0n) is 13.3. The molecule has 0 bridgehead atoms. The first-order chi connectivity index (χ1) is 9.54. The average molecular weight is 281 g/mol. The number of amides is 1. The SMILES string of the molecule is CCCNCc1c(C)nn(C)c1N(CC)CC(=O)NC. The summed E-state index contributed by atoms with van der Waals surface area (Å²) >= 11 is 0. The van der Waals surface area contributed by atoms with Gasteiger partial charge in [-0.3, -0.25) is 9.48 Å². The molecule has 1 aromatic rings. The van der Waals surface area contributed by atoms with Crippen LogP contribution in [-0.2, 0) is 18.4 Å². The highest BCUT2D eigenvalue weighted by Crippen LogP contribution is 2.22. The van der Waals surface area contributed by atoms with Gasteiger partial charge >= 0.3 is 0 Å². The molecule has 20 heavy (non-hydrogen) atoms. The third kappa shape index (κ3) is 3.96. The van der Waals surface area contributed by atoms with Gasteiger partial charge in [0, 0.05) is 32.7 Å². The van der Waals surface area contributed by atoms with Gasteiger partial charge in [-0.2, -0.15) is 5.10 Å². The molecule has 0 radical (unpaired) electrons. The van der Waals surface area contributed by atoms with E-state index in [4.69, 9.17) is 0 Å². The smallest absolute Gasteiger partial charge is 0.239 e. The summed E-state index contributed by atoms with van der Waals surface area (Å²) in [6.45, 7) is 9.10. The van der Waals surface area contributed by atoms with Crippen LogP contribution in [0.5, 0.6) is 0 Å². The second kappa shape index (κ2) is 7.89.